The molecule has 2 aromatic rings. The van der Waals surface area contributed by atoms with Crippen molar-refractivity contribution in [1.29, 1.82) is 0 Å². The average Bonchev–Trinajstić information content (AvgIpc) is 2.41. The molecule has 0 aromatic heterocycles. The molecule has 0 saturated carbocycles. The van der Waals surface area contributed by atoms with Crippen LogP contribution in [0.25, 0.3) is 0 Å². The van der Waals surface area contributed by atoms with E-state index in [1.54, 1.807) is 19.2 Å². The summed E-state index contributed by atoms with van der Waals surface area (Å²) in [5.74, 6) is 1.36. The van der Waals surface area contributed by atoms with Gasteiger partial charge in [-0.2, -0.15) is 0 Å². The van der Waals surface area contributed by atoms with Crippen LogP contribution in [0.2, 0.25) is 0 Å². The van der Waals surface area contributed by atoms with E-state index in [4.69, 9.17) is 15.2 Å². The Morgan fingerprint density at radius 3 is 2.42 bits per heavy atom. The van der Waals surface area contributed by atoms with E-state index >= 15 is 0 Å². The van der Waals surface area contributed by atoms with E-state index in [0.29, 0.717) is 23.8 Å². The first-order valence-electron chi connectivity index (χ1n) is 6.22. The molecule has 0 fully saturated rings. The van der Waals surface area contributed by atoms with Crippen LogP contribution in [-0.2, 0) is 6.61 Å². The highest BCUT2D eigenvalue weighted by Crippen LogP contribution is 2.29. The monoisotopic (exact) mass is 257 g/mol. The zero-order chi connectivity index (χ0) is 13.8. The minimum atomic E-state index is 0.515. The molecule has 0 aliphatic rings. The lowest BCUT2D eigenvalue weighted by molar-refractivity contribution is 0.284. The average molecular weight is 257 g/mol. The van der Waals surface area contributed by atoms with Crippen LogP contribution < -0.4 is 15.2 Å². The summed E-state index contributed by atoms with van der Waals surface area (Å²) >= 11 is 0. The topological polar surface area (TPSA) is 44.5 Å². The van der Waals surface area contributed by atoms with Gasteiger partial charge in [-0.3, -0.25) is 0 Å². The fourth-order valence-corrected chi connectivity index (χ4v) is 1.86. The maximum Gasteiger partial charge on any atom is 0.162 e. The van der Waals surface area contributed by atoms with E-state index in [0.717, 1.165) is 5.56 Å². The third kappa shape index (κ3) is 3.19. The molecule has 0 bridgehead atoms. The molecular weight excluding hydrogens is 238 g/mol. The molecule has 3 heteroatoms. The highest BCUT2D eigenvalue weighted by molar-refractivity contribution is 5.52. The Morgan fingerprint density at radius 2 is 1.74 bits per heavy atom. The van der Waals surface area contributed by atoms with E-state index in [9.17, 15) is 0 Å². The van der Waals surface area contributed by atoms with E-state index in [1.165, 1.54) is 11.1 Å². The fourth-order valence-electron chi connectivity index (χ4n) is 1.86. The van der Waals surface area contributed by atoms with Crippen LogP contribution in [0.3, 0.4) is 0 Å². The first-order valence-corrected chi connectivity index (χ1v) is 6.22. The molecule has 0 radical (unpaired) electrons. The van der Waals surface area contributed by atoms with Crippen molar-refractivity contribution < 1.29 is 9.47 Å². The number of hydrogen-bond acceptors (Lipinski definition) is 3. The lowest BCUT2D eigenvalue weighted by atomic mass is 10.1. The number of nitrogen functional groups attached to an aromatic ring is 1. The maximum absolute atomic E-state index is 5.78. The summed E-state index contributed by atoms with van der Waals surface area (Å²) < 4.78 is 11.0. The number of ether oxygens (including phenoxy) is 2. The maximum atomic E-state index is 5.78. The van der Waals surface area contributed by atoms with Gasteiger partial charge in [-0.15, -0.1) is 0 Å². The summed E-state index contributed by atoms with van der Waals surface area (Å²) in [6, 6.07) is 11.7. The van der Waals surface area contributed by atoms with Crippen LogP contribution >= 0.6 is 0 Å². The van der Waals surface area contributed by atoms with Gasteiger partial charge in [0.1, 0.15) is 6.61 Å². The van der Waals surface area contributed by atoms with E-state index in [1.807, 2.05) is 6.07 Å². The normalized spacial score (nSPS) is 10.3. The Hall–Kier alpha value is -2.16. The highest BCUT2D eigenvalue weighted by Gasteiger charge is 2.05. The van der Waals surface area contributed by atoms with Gasteiger partial charge in [0.2, 0.25) is 0 Å². The number of nitrogens with two attached hydrogens (primary N) is 1. The zero-order valence-corrected chi connectivity index (χ0v) is 11.6. The Bertz CT molecular complexity index is 579. The van der Waals surface area contributed by atoms with Gasteiger partial charge in [0, 0.05) is 11.8 Å². The molecule has 2 aromatic carbocycles. The standard InChI is InChI=1S/C16H19NO2/c1-11-4-5-13(8-12(11)2)10-19-15-7-6-14(17)9-16(15)18-3/h4-9H,10,17H2,1-3H3. The van der Waals surface area contributed by atoms with Gasteiger partial charge in [-0.1, -0.05) is 18.2 Å². The summed E-state index contributed by atoms with van der Waals surface area (Å²) in [5, 5.41) is 0. The molecule has 0 atom stereocenters. The second-order valence-electron chi connectivity index (χ2n) is 4.62. The second-order valence-corrected chi connectivity index (χ2v) is 4.62. The molecule has 0 amide bonds. The molecule has 0 aliphatic carbocycles. The predicted octanol–water partition coefficient (Wildman–Crippen LogP) is 3.47. The minimum Gasteiger partial charge on any atom is -0.493 e. The van der Waals surface area contributed by atoms with Crippen molar-refractivity contribution in [3.05, 3.63) is 53.1 Å². The number of rotatable bonds is 4. The highest BCUT2D eigenvalue weighted by atomic mass is 16.5. The van der Waals surface area contributed by atoms with E-state index in [-0.39, 0.29) is 0 Å². The lowest BCUT2D eigenvalue weighted by Crippen LogP contribution is -1.99. The van der Waals surface area contributed by atoms with Crippen molar-refractivity contribution in [1.82, 2.24) is 0 Å². The van der Waals surface area contributed by atoms with Crippen LogP contribution in [0.5, 0.6) is 11.5 Å². The largest absolute Gasteiger partial charge is 0.493 e. The van der Waals surface area contributed by atoms with Crippen molar-refractivity contribution in [3.8, 4) is 11.5 Å². The molecule has 0 saturated heterocycles. The zero-order valence-electron chi connectivity index (χ0n) is 11.6. The fraction of sp³-hybridized carbons (Fsp3) is 0.250. The quantitative estimate of drug-likeness (QED) is 0.853. The first kappa shape index (κ1) is 13.3. The van der Waals surface area contributed by atoms with Gasteiger partial charge >= 0.3 is 0 Å². The SMILES string of the molecule is COc1cc(N)ccc1OCc1ccc(C)c(C)c1. The molecule has 0 spiro atoms. The van der Waals surface area contributed by atoms with Crippen molar-refractivity contribution in [2.75, 3.05) is 12.8 Å². The summed E-state index contributed by atoms with van der Waals surface area (Å²) in [4.78, 5) is 0. The van der Waals surface area contributed by atoms with Crippen LogP contribution in [0.15, 0.2) is 36.4 Å². The smallest absolute Gasteiger partial charge is 0.162 e. The molecule has 100 valence electrons. The van der Waals surface area contributed by atoms with Gasteiger partial charge in [0.25, 0.3) is 0 Å². The summed E-state index contributed by atoms with van der Waals surface area (Å²) in [6.07, 6.45) is 0. The summed E-state index contributed by atoms with van der Waals surface area (Å²) in [7, 11) is 1.61. The molecule has 19 heavy (non-hydrogen) atoms. The van der Waals surface area contributed by atoms with Gasteiger partial charge < -0.3 is 15.2 Å². The van der Waals surface area contributed by atoms with Crippen LogP contribution in [0, 0.1) is 13.8 Å². The third-order valence-corrected chi connectivity index (χ3v) is 3.15. The Kier molecular flexibility index (Phi) is 3.95. The van der Waals surface area contributed by atoms with Gasteiger partial charge in [0.05, 0.1) is 7.11 Å². The van der Waals surface area contributed by atoms with Gasteiger partial charge in [-0.05, 0) is 42.7 Å². The van der Waals surface area contributed by atoms with Gasteiger partial charge in [-0.25, -0.2) is 0 Å². The van der Waals surface area contributed by atoms with Crippen LogP contribution in [-0.4, -0.2) is 7.11 Å². The molecule has 3 nitrogen and oxygen atoms in total. The summed E-state index contributed by atoms with van der Waals surface area (Å²) in [5.41, 5.74) is 10.1. The molecule has 0 heterocycles. The lowest BCUT2D eigenvalue weighted by Gasteiger charge is -2.12. The van der Waals surface area contributed by atoms with E-state index in [2.05, 4.69) is 32.0 Å². The number of hydrogen-bond donors (Lipinski definition) is 1. The van der Waals surface area contributed by atoms with Crippen molar-refractivity contribution in [2.45, 2.75) is 20.5 Å². The van der Waals surface area contributed by atoms with Crippen molar-refractivity contribution in [3.63, 3.8) is 0 Å². The molecule has 0 aliphatic heterocycles. The molecular formula is C16H19NO2. The van der Waals surface area contributed by atoms with Gasteiger partial charge in [0.15, 0.2) is 11.5 Å². The Morgan fingerprint density at radius 1 is 0.947 bits per heavy atom. The second kappa shape index (κ2) is 5.65. The Labute approximate surface area is 114 Å². The van der Waals surface area contributed by atoms with Crippen LogP contribution in [0.1, 0.15) is 16.7 Å². The molecule has 2 rings (SSSR count). The summed E-state index contributed by atoms with van der Waals surface area (Å²) in [6.45, 7) is 4.72. The number of aryl methyl sites for hydroxylation is 2. The third-order valence-electron chi connectivity index (χ3n) is 3.15. The van der Waals surface area contributed by atoms with Crippen molar-refractivity contribution in [2.24, 2.45) is 0 Å². The predicted molar refractivity (Wildman–Crippen MR) is 77.7 cm³/mol. The molecule has 0 unspecified atom stereocenters. The Balaban J connectivity index is 2.12. The minimum absolute atomic E-state index is 0.515. The van der Waals surface area contributed by atoms with Crippen LogP contribution in [0.4, 0.5) is 5.69 Å². The number of methoxy groups -OCH3 is 1. The van der Waals surface area contributed by atoms with E-state index < -0.39 is 0 Å². The first-order chi connectivity index (χ1) is 9.10. The van der Waals surface area contributed by atoms with Crippen molar-refractivity contribution >= 4 is 5.69 Å². The molecule has 2 N–H and O–H groups in total. The number of anilines is 1. The number of benzene rings is 2.